The zero-order valence-electron chi connectivity index (χ0n) is 18.5. The summed E-state index contributed by atoms with van der Waals surface area (Å²) in [6, 6.07) is 19.7. The lowest BCUT2D eigenvalue weighted by atomic mass is 9.99. The Kier molecular flexibility index (Phi) is 7.16. The molecule has 170 valence electrons. The number of carbonyl (C=O) groups is 2. The van der Waals surface area contributed by atoms with Gasteiger partial charge in [0.05, 0.1) is 6.61 Å². The highest BCUT2D eigenvalue weighted by Gasteiger charge is 2.27. The van der Waals surface area contributed by atoms with E-state index in [1.54, 1.807) is 11.8 Å². The number of benzene rings is 3. The third-order valence-electron chi connectivity index (χ3n) is 5.79. The number of nitrogens with one attached hydrogen (secondary N) is 1. The first-order chi connectivity index (χ1) is 15.9. The van der Waals surface area contributed by atoms with Crippen LogP contribution in [0.1, 0.15) is 46.8 Å². The van der Waals surface area contributed by atoms with Crippen LogP contribution in [-0.2, 0) is 29.1 Å². The van der Waals surface area contributed by atoms with Crippen molar-refractivity contribution in [2.45, 2.75) is 44.3 Å². The van der Waals surface area contributed by atoms with Gasteiger partial charge in [-0.25, -0.2) is 0 Å². The van der Waals surface area contributed by atoms with Crippen LogP contribution in [0.3, 0.4) is 0 Å². The highest BCUT2D eigenvalue weighted by Crippen LogP contribution is 2.37. The first kappa shape index (κ1) is 23.1. The Labute approximate surface area is 197 Å². The van der Waals surface area contributed by atoms with Crippen molar-refractivity contribution in [2.24, 2.45) is 0 Å². The SMILES string of the molecule is CC1(OCc2ccc(CCC(=O)O)c(C(=O)NCc3cccc4ccccc34)c2)CC=CS1. The molecule has 0 fully saturated rings. The van der Waals surface area contributed by atoms with E-state index in [1.807, 2.05) is 66.1 Å². The quantitative estimate of drug-likeness (QED) is 0.429. The number of ether oxygens (including phenoxy) is 1. The summed E-state index contributed by atoms with van der Waals surface area (Å²) in [6.45, 7) is 2.82. The number of carboxylic acid groups (broad SMARTS) is 1. The van der Waals surface area contributed by atoms with E-state index in [2.05, 4.69) is 18.3 Å². The van der Waals surface area contributed by atoms with E-state index >= 15 is 0 Å². The van der Waals surface area contributed by atoms with Crippen LogP contribution in [0.25, 0.3) is 10.8 Å². The summed E-state index contributed by atoms with van der Waals surface area (Å²) >= 11 is 1.65. The van der Waals surface area contributed by atoms with Crippen molar-refractivity contribution in [2.75, 3.05) is 0 Å². The molecule has 1 unspecified atom stereocenters. The topological polar surface area (TPSA) is 75.6 Å². The number of carbonyl (C=O) groups excluding carboxylic acids is 1. The maximum Gasteiger partial charge on any atom is 0.303 e. The average molecular weight is 462 g/mol. The standard InChI is InChI=1S/C27H27NO4S/c1-27(14-5-15-33-27)32-18-19-10-11-21(12-13-25(29)30)24(16-19)26(31)28-17-22-8-4-7-20-6-2-3-9-23(20)22/h2-11,15-16H,12-14,17-18H2,1H3,(H,28,31)(H,29,30). The molecular weight excluding hydrogens is 434 g/mol. The molecule has 3 aromatic carbocycles. The molecule has 5 nitrogen and oxygen atoms in total. The van der Waals surface area contributed by atoms with Crippen LogP contribution < -0.4 is 5.32 Å². The molecule has 0 aliphatic carbocycles. The fourth-order valence-electron chi connectivity index (χ4n) is 3.93. The second-order valence-corrected chi connectivity index (χ2v) is 9.69. The molecule has 4 rings (SSSR count). The van der Waals surface area contributed by atoms with Crippen LogP contribution in [-0.4, -0.2) is 21.9 Å². The second-order valence-electron chi connectivity index (χ2n) is 8.32. The maximum absolute atomic E-state index is 13.2. The lowest BCUT2D eigenvalue weighted by molar-refractivity contribution is -0.136. The smallest absolute Gasteiger partial charge is 0.303 e. The van der Waals surface area contributed by atoms with Gasteiger partial charge in [0.25, 0.3) is 5.91 Å². The van der Waals surface area contributed by atoms with Gasteiger partial charge in [-0.1, -0.05) is 72.4 Å². The van der Waals surface area contributed by atoms with Gasteiger partial charge in [0.1, 0.15) is 4.93 Å². The van der Waals surface area contributed by atoms with Gasteiger partial charge in [0.15, 0.2) is 0 Å². The molecule has 0 spiro atoms. The molecule has 33 heavy (non-hydrogen) atoms. The van der Waals surface area contributed by atoms with Crippen LogP contribution in [0.4, 0.5) is 0 Å². The Morgan fingerprint density at radius 1 is 1.09 bits per heavy atom. The number of thioether (sulfide) groups is 1. The maximum atomic E-state index is 13.2. The Hall–Kier alpha value is -3.09. The summed E-state index contributed by atoms with van der Waals surface area (Å²) in [6.07, 6.45) is 3.20. The minimum atomic E-state index is -0.886. The summed E-state index contributed by atoms with van der Waals surface area (Å²) in [5.74, 6) is -1.10. The summed E-state index contributed by atoms with van der Waals surface area (Å²) in [5, 5.41) is 16.4. The normalized spacial score (nSPS) is 17.4. The van der Waals surface area contributed by atoms with Crippen LogP contribution >= 0.6 is 11.8 Å². The van der Waals surface area contributed by atoms with Crippen molar-refractivity contribution in [1.29, 1.82) is 0 Å². The van der Waals surface area contributed by atoms with Crippen LogP contribution in [0.2, 0.25) is 0 Å². The number of aryl methyl sites for hydroxylation is 1. The van der Waals surface area contributed by atoms with Crippen molar-refractivity contribution >= 4 is 34.4 Å². The van der Waals surface area contributed by atoms with Crippen molar-refractivity contribution < 1.29 is 19.4 Å². The number of rotatable bonds is 9. The van der Waals surface area contributed by atoms with Crippen molar-refractivity contribution in [3.63, 3.8) is 0 Å². The van der Waals surface area contributed by atoms with Crippen molar-refractivity contribution in [3.05, 3.63) is 94.4 Å². The van der Waals surface area contributed by atoms with E-state index in [1.165, 1.54) is 0 Å². The van der Waals surface area contributed by atoms with Gasteiger partial charge in [-0.2, -0.15) is 0 Å². The van der Waals surface area contributed by atoms with Gasteiger partial charge in [-0.15, -0.1) is 0 Å². The number of amides is 1. The number of hydrogen-bond acceptors (Lipinski definition) is 4. The predicted octanol–water partition coefficient (Wildman–Crippen LogP) is 5.67. The van der Waals surface area contributed by atoms with Crippen LogP contribution in [0.15, 0.2) is 72.1 Å². The lowest BCUT2D eigenvalue weighted by Gasteiger charge is -2.23. The van der Waals surface area contributed by atoms with E-state index < -0.39 is 5.97 Å². The average Bonchev–Trinajstić information content (AvgIpc) is 3.26. The highest BCUT2D eigenvalue weighted by molar-refractivity contribution is 8.03. The molecule has 0 bridgehead atoms. The van der Waals surface area contributed by atoms with Crippen molar-refractivity contribution in [1.82, 2.24) is 5.32 Å². The zero-order valence-corrected chi connectivity index (χ0v) is 19.4. The van der Waals surface area contributed by atoms with E-state index in [0.717, 1.165) is 33.9 Å². The minimum Gasteiger partial charge on any atom is -0.481 e. The minimum absolute atomic E-state index is 0.0279. The number of fused-ring (bicyclic) bond motifs is 1. The molecule has 0 aromatic heterocycles. The Bertz CT molecular complexity index is 1190. The summed E-state index contributed by atoms with van der Waals surface area (Å²) < 4.78 is 6.10. The molecule has 1 aliphatic heterocycles. The molecular formula is C27H27NO4S. The summed E-state index contributed by atoms with van der Waals surface area (Å²) in [4.78, 5) is 24.0. The third-order valence-corrected chi connectivity index (χ3v) is 6.90. The van der Waals surface area contributed by atoms with Gasteiger partial charge in [0.2, 0.25) is 0 Å². The molecule has 0 saturated carbocycles. The molecule has 1 heterocycles. The van der Waals surface area contributed by atoms with Gasteiger partial charge >= 0.3 is 5.97 Å². The molecule has 1 aliphatic rings. The first-order valence-electron chi connectivity index (χ1n) is 11.0. The zero-order chi connectivity index (χ0) is 23.3. The largest absolute Gasteiger partial charge is 0.481 e. The molecule has 0 radical (unpaired) electrons. The molecule has 0 saturated heterocycles. The van der Waals surface area contributed by atoms with Gasteiger partial charge < -0.3 is 15.2 Å². The van der Waals surface area contributed by atoms with Crippen LogP contribution in [0, 0.1) is 0 Å². The molecule has 6 heteroatoms. The van der Waals surface area contributed by atoms with Gasteiger partial charge in [-0.05, 0) is 52.3 Å². The highest BCUT2D eigenvalue weighted by atomic mass is 32.2. The molecule has 1 atom stereocenters. The fraction of sp³-hybridized carbons (Fsp3) is 0.259. The summed E-state index contributed by atoms with van der Waals surface area (Å²) in [7, 11) is 0. The lowest BCUT2D eigenvalue weighted by Crippen LogP contribution is -2.25. The van der Waals surface area contributed by atoms with E-state index in [0.29, 0.717) is 25.1 Å². The van der Waals surface area contributed by atoms with E-state index in [4.69, 9.17) is 9.84 Å². The van der Waals surface area contributed by atoms with Crippen LogP contribution in [0.5, 0.6) is 0 Å². The van der Waals surface area contributed by atoms with Gasteiger partial charge in [0, 0.05) is 24.9 Å². The van der Waals surface area contributed by atoms with Crippen molar-refractivity contribution in [3.8, 4) is 0 Å². The number of carboxylic acids is 1. The Balaban J connectivity index is 1.52. The van der Waals surface area contributed by atoms with Gasteiger partial charge in [-0.3, -0.25) is 9.59 Å². The van der Waals surface area contributed by atoms with E-state index in [-0.39, 0.29) is 17.3 Å². The first-order valence-corrected chi connectivity index (χ1v) is 11.9. The number of aliphatic carboxylic acids is 1. The predicted molar refractivity (Wildman–Crippen MR) is 132 cm³/mol. The summed E-state index contributed by atoms with van der Waals surface area (Å²) in [5.41, 5.74) is 3.14. The Morgan fingerprint density at radius 3 is 2.70 bits per heavy atom. The second kappa shape index (κ2) is 10.2. The molecule has 2 N–H and O–H groups in total. The third kappa shape index (κ3) is 5.83. The monoisotopic (exact) mass is 461 g/mol. The Morgan fingerprint density at radius 2 is 1.91 bits per heavy atom. The van der Waals surface area contributed by atoms with E-state index in [9.17, 15) is 9.59 Å². The molecule has 3 aromatic rings. The fourth-order valence-corrected chi connectivity index (χ4v) is 4.73. The molecule has 1 amide bonds. The number of hydrogen-bond donors (Lipinski definition) is 2.